The quantitative estimate of drug-likeness (QED) is 0.728. The molecule has 0 N–H and O–H groups in total. The third-order valence-electron chi connectivity index (χ3n) is 2.67. The van der Waals surface area contributed by atoms with Crippen molar-refractivity contribution in [3.8, 4) is 0 Å². The number of fused-ring (bicyclic) bond motifs is 1. The van der Waals surface area contributed by atoms with Crippen LogP contribution in [0.3, 0.4) is 0 Å². The number of halogens is 5. The highest BCUT2D eigenvalue weighted by atomic mass is 19.4. The Morgan fingerprint density at radius 3 is 2.15 bits per heavy atom. The molecule has 0 fully saturated rings. The fourth-order valence-electron chi connectivity index (χ4n) is 1.80. The second-order valence-corrected chi connectivity index (χ2v) is 4.40. The molecule has 0 unspecified atom stereocenters. The van der Waals surface area contributed by atoms with E-state index < -0.39 is 25.3 Å². The van der Waals surface area contributed by atoms with E-state index in [4.69, 9.17) is 0 Å². The molecule has 0 aliphatic carbocycles. The lowest BCUT2D eigenvalue weighted by atomic mass is 10.1. The summed E-state index contributed by atoms with van der Waals surface area (Å²) in [7, 11) is 0. The molecule has 0 atom stereocenters. The molecule has 0 radical (unpaired) electrons. The van der Waals surface area contributed by atoms with E-state index in [9.17, 15) is 22.0 Å². The van der Waals surface area contributed by atoms with Crippen molar-refractivity contribution in [2.24, 2.45) is 0 Å². The Kier molecular flexibility index (Phi) is 3.94. The van der Waals surface area contributed by atoms with Crippen molar-refractivity contribution < 1.29 is 26.7 Å². The molecule has 0 aliphatic heterocycles. The summed E-state index contributed by atoms with van der Waals surface area (Å²) in [5.41, 5.74) is 0.394. The molecule has 0 amide bonds. The van der Waals surface area contributed by atoms with Gasteiger partial charge in [0, 0.05) is 0 Å². The predicted octanol–water partition coefficient (Wildman–Crippen LogP) is 4.90. The third-order valence-corrected chi connectivity index (χ3v) is 2.67. The lowest BCUT2D eigenvalue weighted by Crippen LogP contribution is -2.28. The zero-order chi connectivity index (χ0) is 14.8. The summed E-state index contributed by atoms with van der Waals surface area (Å²) >= 11 is 0. The van der Waals surface area contributed by atoms with Crippen molar-refractivity contribution in [3.63, 3.8) is 0 Å². The zero-order valence-corrected chi connectivity index (χ0v) is 10.3. The van der Waals surface area contributed by atoms with Crippen molar-refractivity contribution in [2.45, 2.75) is 25.3 Å². The zero-order valence-electron chi connectivity index (χ0n) is 10.3. The molecule has 2 aromatic carbocycles. The van der Waals surface area contributed by atoms with Gasteiger partial charge in [-0.25, -0.2) is 0 Å². The van der Waals surface area contributed by atoms with Crippen molar-refractivity contribution in [1.29, 1.82) is 0 Å². The van der Waals surface area contributed by atoms with E-state index >= 15 is 0 Å². The third kappa shape index (κ3) is 4.16. The van der Waals surface area contributed by atoms with Crippen LogP contribution in [0.4, 0.5) is 22.0 Å². The van der Waals surface area contributed by atoms with Gasteiger partial charge in [0.1, 0.15) is 6.42 Å². The minimum absolute atomic E-state index is 0.394. The standard InChI is InChI=1S/C14H11F5O/c15-13(16,17)9-14(18,19)20-8-10-5-6-11-3-1-2-4-12(11)7-10/h1-7H,8-9H2. The smallest absolute Gasteiger partial charge is 0.315 e. The first kappa shape index (κ1) is 14.7. The molecular weight excluding hydrogens is 279 g/mol. The molecule has 0 aliphatic rings. The topological polar surface area (TPSA) is 9.23 Å². The molecular formula is C14H11F5O. The van der Waals surface area contributed by atoms with Crippen molar-refractivity contribution in [1.82, 2.24) is 0 Å². The summed E-state index contributed by atoms with van der Waals surface area (Å²) in [6.07, 6.45) is -11.5. The van der Waals surface area contributed by atoms with E-state index in [-0.39, 0.29) is 0 Å². The van der Waals surface area contributed by atoms with E-state index in [0.29, 0.717) is 5.56 Å². The van der Waals surface area contributed by atoms with Gasteiger partial charge in [0.05, 0.1) is 6.61 Å². The molecule has 0 aromatic heterocycles. The van der Waals surface area contributed by atoms with Crippen LogP contribution in [0.2, 0.25) is 0 Å². The average molecular weight is 290 g/mol. The molecule has 2 aromatic rings. The average Bonchev–Trinajstić information content (AvgIpc) is 2.33. The Hall–Kier alpha value is -1.69. The van der Waals surface area contributed by atoms with E-state index in [2.05, 4.69) is 4.74 Å². The first-order valence-corrected chi connectivity index (χ1v) is 5.81. The van der Waals surface area contributed by atoms with E-state index in [1.165, 1.54) is 0 Å². The summed E-state index contributed by atoms with van der Waals surface area (Å²) in [5.74, 6) is 0. The van der Waals surface area contributed by atoms with Crippen molar-refractivity contribution in [3.05, 3.63) is 48.0 Å². The normalized spacial score (nSPS) is 12.8. The number of ether oxygens (including phenoxy) is 1. The van der Waals surface area contributed by atoms with Gasteiger partial charge in [-0.15, -0.1) is 0 Å². The monoisotopic (exact) mass is 290 g/mol. The predicted molar refractivity (Wildman–Crippen MR) is 64.4 cm³/mol. The maximum absolute atomic E-state index is 13.0. The second-order valence-electron chi connectivity index (χ2n) is 4.40. The van der Waals surface area contributed by atoms with Crippen LogP contribution in [0.15, 0.2) is 42.5 Å². The molecule has 6 heteroatoms. The van der Waals surface area contributed by atoms with Crippen molar-refractivity contribution in [2.75, 3.05) is 0 Å². The van der Waals surface area contributed by atoms with Crippen molar-refractivity contribution >= 4 is 10.8 Å². The van der Waals surface area contributed by atoms with E-state index in [1.807, 2.05) is 12.1 Å². The van der Waals surface area contributed by atoms with Gasteiger partial charge in [0.25, 0.3) is 0 Å². The summed E-state index contributed by atoms with van der Waals surface area (Å²) < 4.78 is 65.8. The van der Waals surface area contributed by atoms with Gasteiger partial charge in [-0.1, -0.05) is 36.4 Å². The van der Waals surface area contributed by atoms with Crippen LogP contribution in [0.1, 0.15) is 12.0 Å². The van der Waals surface area contributed by atoms with Gasteiger partial charge in [-0.2, -0.15) is 22.0 Å². The lowest BCUT2D eigenvalue weighted by Gasteiger charge is -2.18. The molecule has 0 saturated heterocycles. The Morgan fingerprint density at radius 2 is 1.50 bits per heavy atom. The lowest BCUT2D eigenvalue weighted by molar-refractivity contribution is -0.297. The minimum Gasteiger partial charge on any atom is -0.315 e. The molecule has 20 heavy (non-hydrogen) atoms. The van der Waals surface area contributed by atoms with Crippen LogP contribution in [-0.2, 0) is 11.3 Å². The molecule has 1 nitrogen and oxygen atoms in total. The van der Waals surface area contributed by atoms with Crippen LogP contribution in [0.5, 0.6) is 0 Å². The Morgan fingerprint density at radius 1 is 0.850 bits per heavy atom. The highest BCUT2D eigenvalue weighted by Crippen LogP contribution is 2.33. The Bertz CT molecular complexity index is 591. The SMILES string of the molecule is FC(F)(F)CC(F)(F)OCc1ccc2ccccc2c1. The summed E-state index contributed by atoms with van der Waals surface area (Å²) in [6.45, 7) is -0.575. The summed E-state index contributed by atoms with van der Waals surface area (Å²) in [6, 6.07) is 12.1. The maximum Gasteiger partial charge on any atom is 0.397 e. The van der Waals surface area contributed by atoms with E-state index in [0.717, 1.165) is 10.8 Å². The highest BCUT2D eigenvalue weighted by molar-refractivity contribution is 5.82. The summed E-state index contributed by atoms with van der Waals surface area (Å²) in [5, 5.41) is 1.73. The molecule has 0 heterocycles. The van der Waals surface area contributed by atoms with Crippen LogP contribution in [-0.4, -0.2) is 12.3 Å². The Labute approximate surface area is 112 Å². The molecule has 2 rings (SSSR count). The first-order valence-electron chi connectivity index (χ1n) is 5.81. The molecule has 108 valence electrons. The number of hydrogen-bond donors (Lipinski definition) is 0. The van der Waals surface area contributed by atoms with Crippen LogP contribution < -0.4 is 0 Å². The van der Waals surface area contributed by atoms with Crippen LogP contribution in [0.25, 0.3) is 10.8 Å². The van der Waals surface area contributed by atoms with Gasteiger partial charge in [-0.05, 0) is 22.4 Å². The van der Waals surface area contributed by atoms with Gasteiger partial charge in [-0.3, -0.25) is 0 Å². The molecule has 0 spiro atoms. The van der Waals surface area contributed by atoms with Gasteiger partial charge < -0.3 is 4.74 Å². The number of hydrogen-bond acceptors (Lipinski definition) is 1. The number of alkyl halides is 5. The number of rotatable bonds is 4. The summed E-state index contributed by atoms with van der Waals surface area (Å²) in [4.78, 5) is 0. The van der Waals surface area contributed by atoms with Gasteiger partial charge >= 0.3 is 12.3 Å². The van der Waals surface area contributed by atoms with Crippen LogP contribution in [0, 0.1) is 0 Å². The van der Waals surface area contributed by atoms with Gasteiger partial charge in [0.2, 0.25) is 0 Å². The minimum atomic E-state index is -4.97. The van der Waals surface area contributed by atoms with E-state index in [1.54, 1.807) is 30.3 Å². The fraction of sp³-hybridized carbons (Fsp3) is 0.286. The maximum atomic E-state index is 13.0. The van der Waals surface area contributed by atoms with Gasteiger partial charge in [0.15, 0.2) is 0 Å². The second kappa shape index (κ2) is 5.36. The first-order chi connectivity index (χ1) is 9.25. The fourth-order valence-corrected chi connectivity index (χ4v) is 1.80. The Balaban J connectivity index is 2.05. The van der Waals surface area contributed by atoms with Crippen LogP contribution >= 0.6 is 0 Å². The largest absolute Gasteiger partial charge is 0.397 e. The number of benzene rings is 2. The molecule has 0 saturated carbocycles. The highest BCUT2D eigenvalue weighted by Gasteiger charge is 2.44. The molecule has 0 bridgehead atoms.